The minimum absolute atomic E-state index is 0.154. The Bertz CT molecular complexity index is 997. The summed E-state index contributed by atoms with van der Waals surface area (Å²) in [6, 6.07) is 13.0. The van der Waals surface area contributed by atoms with Crippen molar-refractivity contribution in [3.8, 4) is 0 Å². The number of ether oxygens (including phenoxy) is 1. The summed E-state index contributed by atoms with van der Waals surface area (Å²) in [5, 5.41) is 0. The number of nitrogens with one attached hydrogen (secondary N) is 1. The van der Waals surface area contributed by atoms with Crippen LogP contribution in [0.25, 0.3) is 0 Å². The number of hydrogen-bond acceptors (Lipinski definition) is 5. The Hall–Kier alpha value is -2.87. The molecule has 0 bridgehead atoms. The molecule has 7 nitrogen and oxygen atoms in total. The highest BCUT2D eigenvalue weighted by Crippen LogP contribution is 2.24. The van der Waals surface area contributed by atoms with Gasteiger partial charge in [0.05, 0.1) is 23.6 Å². The average Bonchev–Trinajstić information content (AvgIpc) is 2.75. The number of anilines is 1. The third-order valence-corrected chi connectivity index (χ3v) is 6.48. The summed E-state index contributed by atoms with van der Waals surface area (Å²) >= 11 is 0. The smallest absolute Gasteiger partial charge is 0.308 e. The van der Waals surface area contributed by atoms with Gasteiger partial charge >= 0.3 is 5.97 Å². The van der Waals surface area contributed by atoms with Gasteiger partial charge in [0.2, 0.25) is 0 Å². The number of methoxy groups -OCH3 is 1. The summed E-state index contributed by atoms with van der Waals surface area (Å²) in [6.07, 6.45) is 1.11. The molecule has 2 aromatic rings. The molecule has 3 rings (SSSR count). The first-order chi connectivity index (χ1) is 13.8. The second-order valence-corrected chi connectivity index (χ2v) is 8.72. The second-order valence-electron chi connectivity index (χ2n) is 7.04. The Morgan fingerprint density at radius 1 is 1.07 bits per heavy atom. The minimum atomic E-state index is -3.75. The fourth-order valence-corrected chi connectivity index (χ4v) is 4.48. The molecule has 29 heavy (non-hydrogen) atoms. The molecule has 1 aliphatic rings. The number of sulfonamides is 1. The van der Waals surface area contributed by atoms with Gasteiger partial charge in [-0.15, -0.1) is 0 Å². The van der Waals surface area contributed by atoms with Crippen molar-refractivity contribution in [2.24, 2.45) is 5.92 Å². The third kappa shape index (κ3) is 4.76. The van der Waals surface area contributed by atoms with Crippen LogP contribution in [0.4, 0.5) is 5.69 Å². The van der Waals surface area contributed by atoms with Crippen molar-refractivity contribution in [1.29, 1.82) is 0 Å². The fourth-order valence-electron chi connectivity index (χ4n) is 3.34. The highest BCUT2D eigenvalue weighted by Gasteiger charge is 2.28. The van der Waals surface area contributed by atoms with E-state index in [2.05, 4.69) is 4.72 Å². The first-order valence-corrected chi connectivity index (χ1v) is 10.9. The molecule has 0 atom stereocenters. The molecule has 0 aromatic heterocycles. The quantitative estimate of drug-likeness (QED) is 0.757. The molecule has 0 spiro atoms. The molecule has 1 fully saturated rings. The van der Waals surface area contributed by atoms with Crippen molar-refractivity contribution in [3.63, 3.8) is 0 Å². The average molecular weight is 416 g/mol. The first-order valence-electron chi connectivity index (χ1n) is 9.37. The van der Waals surface area contributed by atoms with E-state index in [1.807, 2.05) is 0 Å². The highest BCUT2D eigenvalue weighted by atomic mass is 32.2. The second kappa shape index (κ2) is 8.65. The van der Waals surface area contributed by atoms with Crippen LogP contribution in [0.15, 0.2) is 53.4 Å². The summed E-state index contributed by atoms with van der Waals surface area (Å²) in [7, 11) is -2.38. The van der Waals surface area contributed by atoms with E-state index in [4.69, 9.17) is 4.74 Å². The lowest BCUT2D eigenvalue weighted by Crippen LogP contribution is -2.40. The van der Waals surface area contributed by atoms with Crippen molar-refractivity contribution in [2.45, 2.75) is 24.7 Å². The number of piperidine rings is 1. The predicted molar refractivity (Wildman–Crippen MR) is 109 cm³/mol. The number of likely N-dealkylation sites (tertiary alicyclic amines) is 1. The number of esters is 1. The lowest BCUT2D eigenvalue weighted by molar-refractivity contribution is -0.146. The zero-order chi connectivity index (χ0) is 21.0. The van der Waals surface area contributed by atoms with E-state index in [1.54, 1.807) is 48.2 Å². The van der Waals surface area contributed by atoms with E-state index in [0.717, 1.165) is 0 Å². The number of carbonyl (C=O) groups is 2. The van der Waals surface area contributed by atoms with Crippen molar-refractivity contribution < 1.29 is 22.7 Å². The lowest BCUT2D eigenvalue weighted by atomic mass is 9.96. The van der Waals surface area contributed by atoms with Crippen LogP contribution in [0.3, 0.4) is 0 Å². The van der Waals surface area contributed by atoms with Crippen LogP contribution in [-0.4, -0.2) is 45.4 Å². The standard InChI is InChI=1S/C21H24N2O5S/c1-15-8-9-17(20(24)23-12-10-16(11-13-23)21(25)28-2)14-19(15)22-29(26,27)18-6-4-3-5-7-18/h3-9,14,16,22H,10-13H2,1-2H3. The van der Waals surface area contributed by atoms with Crippen molar-refractivity contribution in [2.75, 3.05) is 24.9 Å². The van der Waals surface area contributed by atoms with Gasteiger partial charge in [-0.25, -0.2) is 8.42 Å². The molecule has 0 radical (unpaired) electrons. The van der Waals surface area contributed by atoms with E-state index in [0.29, 0.717) is 42.7 Å². The molecule has 1 N–H and O–H groups in total. The summed E-state index contributed by atoms with van der Waals surface area (Å²) in [6.45, 7) is 2.69. The maximum atomic E-state index is 12.9. The maximum absolute atomic E-state index is 12.9. The van der Waals surface area contributed by atoms with Gasteiger partial charge in [-0.3, -0.25) is 14.3 Å². The Labute approximate surface area is 170 Å². The summed E-state index contributed by atoms with van der Waals surface area (Å²) in [4.78, 5) is 26.4. The Balaban J connectivity index is 1.75. The monoisotopic (exact) mass is 416 g/mol. The Morgan fingerprint density at radius 2 is 1.72 bits per heavy atom. The maximum Gasteiger partial charge on any atom is 0.308 e. The molecule has 0 aliphatic carbocycles. The van der Waals surface area contributed by atoms with Crippen LogP contribution in [0, 0.1) is 12.8 Å². The third-order valence-electron chi connectivity index (χ3n) is 5.10. The molecule has 1 aliphatic heterocycles. The van der Waals surface area contributed by atoms with Gasteiger partial charge < -0.3 is 9.64 Å². The minimum Gasteiger partial charge on any atom is -0.469 e. The van der Waals surface area contributed by atoms with Gasteiger partial charge in [-0.2, -0.15) is 0 Å². The van der Waals surface area contributed by atoms with E-state index in [-0.39, 0.29) is 22.7 Å². The van der Waals surface area contributed by atoms with Crippen LogP contribution in [0.5, 0.6) is 0 Å². The van der Waals surface area contributed by atoms with Crippen molar-refractivity contribution in [1.82, 2.24) is 4.90 Å². The number of hydrogen-bond donors (Lipinski definition) is 1. The number of benzene rings is 2. The Morgan fingerprint density at radius 3 is 2.34 bits per heavy atom. The van der Waals surface area contributed by atoms with Gasteiger partial charge in [0.15, 0.2) is 0 Å². The zero-order valence-electron chi connectivity index (χ0n) is 16.4. The van der Waals surface area contributed by atoms with E-state index in [9.17, 15) is 18.0 Å². The van der Waals surface area contributed by atoms with Crippen molar-refractivity contribution >= 4 is 27.6 Å². The van der Waals surface area contributed by atoms with E-state index >= 15 is 0 Å². The predicted octanol–water partition coefficient (Wildman–Crippen LogP) is 2.82. The molecular weight excluding hydrogens is 392 g/mol. The molecule has 8 heteroatoms. The molecule has 1 amide bonds. The van der Waals surface area contributed by atoms with Crippen LogP contribution in [0.1, 0.15) is 28.8 Å². The molecule has 154 valence electrons. The van der Waals surface area contributed by atoms with E-state index in [1.165, 1.54) is 19.2 Å². The van der Waals surface area contributed by atoms with Gasteiger partial charge in [0.1, 0.15) is 0 Å². The zero-order valence-corrected chi connectivity index (χ0v) is 17.2. The van der Waals surface area contributed by atoms with Crippen LogP contribution in [0.2, 0.25) is 0 Å². The van der Waals surface area contributed by atoms with Crippen LogP contribution >= 0.6 is 0 Å². The molecule has 1 saturated heterocycles. The van der Waals surface area contributed by atoms with Crippen LogP contribution in [-0.2, 0) is 19.6 Å². The van der Waals surface area contributed by atoms with Gasteiger partial charge in [0, 0.05) is 18.7 Å². The van der Waals surface area contributed by atoms with Crippen molar-refractivity contribution in [3.05, 3.63) is 59.7 Å². The summed E-state index contributed by atoms with van der Waals surface area (Å²) < 4.78 is 32.6. The van der Waals surface area contributed by atoms with Gasteiger partial charge in [-0.05, 0) is 49.6 Å². The molecule has 1 heterocycles. The lowest BCUT2D eigenvalue weighted by Gasteiger charge is -2.30. The highest BCUT2D eigenvalue weighted by molar-refractivity contribution is 7.92. The molecular formula is C21H24N2O5S. The molecule has 2 aromatic carbocycles. The molecule has 0 unspecified atom stereocenters. The Kier molecular flexibility index (Phi) is 6.22. The number of rotatable bonds is 5. The van der Waals surface area contributed by atoms with Gasteiger partial charge in [0.25, 0.3) is 15.9 Å². The molecule has 0 saturated carbocycles. The number of amides is 1. The first kappa shape index (κ1) is 20.9. The van der Waals surface area contributed by atoms with Gasteiger partial charge in [-0.1, -0.05) is 24.3 Å². The number of nitrogens with zero attached hydrogens (tertiary/aromatic N) is 1. The summed E-state index contributed by atoms with van der Waals surface area (Å²) in [5.41, 5.74) is 1.48. The number of aryl methyl sites for hydroxylation is 1. The fraction of sp³-hybridized carbons (Fsp3) is 0.333. The van der Waals surface area contributed by atoms with E-state index < -0.39 is 10.0 Å². The topological polar surface area (TPSA) is 92.8 Å². The van der Waals surface area contributed by atoms with Crippen LogP contribution < -0.4 is 4.72 Å². The largest absolute Gasteiger partial charge is 0.469 e. The number of carbonyl (C=O) groups excluding carboxylic acids is 2. The SMILES string of the molecule is COC(=O)C1CCN(C(=O)c2ccc(C)c(NS(=O)(=O)c3ccccc3)c2)CC1. The normalized spacial score (nSPS) is 15.0. The summed E-state index contributed by atoms with van der Waals surface area (Å²) in [5.74, 6) is -0.617.